The van der Waals surface area contributed by atoms with Gasteiger partial charge in [0, 0.05) is 18.8 Å². The number of anilines is 1. The van der Waals surface area contributed by atoms with Crippen LogP contribution >= 0.6 is 34.5 Å². The molecule has 0 aliphatic carbocycles. The van der Waals surface area contributed by atoms with Crippen molar-refractivity contribution >= 4 is 46.1 Å². The molecule has 94 valence electrons. The lowest BCUT2D eigenvalue weighted by Gasteiger charge is -2.17. The molecule has 1 aromatic heterocycles. The number of rotatable bonds is 2. The summed E-state index contributed by atoms with van der Waals surface area (Å²) >= 11 is 12.9. The highest BCUT2D eigenvalue weighted by Gasteiger charge is 2.19. The molecule has 0 aliphatic heterocycles. The lowest BCUT2D eigenvalue weighted by Crippen LogP contribution is -2.25. The molecule has 0 bridgehead atoms. The standard InChI is InChI=1S/C12H9Cl2NO2S/c1-15(7-3-2-4-8(16)5-7)12(17)9-6-10(13)18-11(9)14/h2-6,16H,1H3. The number of hydrogen-bond acceptors (Lipinski definition) is 3. The molecule has 0 fully saturated rings. The molecule has 2 rings (SSSR count). The summed E-state index contributed by atoms with van der Waals surface area (Å²) in [6.07, 6.45) is 0. The van der Waals surface area contributed by atoms with Gasteiger partial charge in [-0.2, -0.15) is 0 Å². The lowest BCUT2D eigenvalue weighted by molar-refractivity contribution is 0.0993. The van der Waals surface area contributed by atoms with E-state index >= 15 is 0 Å². The Morgan fingerprint density at radius 1 is 1.33 bits per heavy atom. The molecule has 0 saturated heterocycles. The van der Waals surface area contributed by atoms with Gasteiger partial charge in [0.25, 0.3) is 5.91 Å². The van der Waals surface area contributed by atoms with Crippen LogP contribution in [0.3, 0.4) is 0 Å². The molecule has 0 unspecified atom stereocenters. The number of amides is 1. The Balaban J connectivity index is 2.32. The topological polar surface area (TPSA) is 40.5 Å². The number of aromatic hydroxyl groups is 1. The zero-order chi connectivity index (χ0) is 13.3. The molecule has 1 heterocycles. The third kappa shape index (κ3) is 2.61. The number of hydrogen-bond donors (Lipinski definition) is 1. The van der Waals surface area contributed by atoms with Gasteiger partial charge >= 0.3 is 0 Å². The fourth-order valence-corrected chi connectivity index (χ4v) is 2.93. The van der Waals surface area contributed by atoms with Gasteiger partial charge in [-0.1, -0.05) is 29.3 Å². The Morgan fingerprint density at radius 2 is 2.06 bits per heavy atom. The minimum atomic E-state index is -0.270. The Morgan fingerprint density at radius 3 is 2.61 bits per heavy atom. The minimum absolute atomic E-state index is 0.0987. The summed E-state index contributed by atoms with van der Waals surface area (Å²) in [6.45, 7) is 0. The van der Waals surface area contributed by atoms with Gasteiger partial charge < -0.3 is 10.0 Å². The SMILES string of the molecule is CN(C(=O)c1cc(Cl)sc1Cl)c1cccc(O)c1. The number of carbonyl (C=O) groups is 1. The van der Waals surface area contributed by atoms with Crippen molar-refractivity contribution in [1.29, 1.82) is 0 Å². The first-order chi connectivity index (χ1) is 8.49. The van der Waals surface area contributed by atoms with Crippen LogP contribution in [0.4, 0.5) is 5.69 Å². The zero-order valence-electron chi connectivity index (χ0n) is 9.35. The number of phenols is 1. The van der Waals surface area contributed by atoms with E-state index in [4.69, 9.17) is 23.2 Å². The molecular formula is C12H9Cl2NO2S. The Bertz CT molecular complexity index is 598. The summed E-state index contributed by atoms with van der Waals surface area (Å²) in [5, 5.41) is 9.39. The van der Waals surface area contributed by atoms with E-state index in [1.807, 2.05) is 0 Å². The van der Waals surface area contributed by atoms with E-state index in [1.54, 1.807) is 19.2 Å². The predicted molar refractivity (Wildman–Crippen MR) is 75.2 cm³/mol. The maximum atomic E-state index is 12.2. The van der Waals surface area contributed by atoms with Crippen molar-refractivity contribution in [3.8, 4) is 5.75 Å². The van der Waals surface area contributed by atoms with Gasteiger partial charge in [0.2, 0.25) is 0 Å². The van der Waals surface area contributed by atoms with Crippen molar-refractivity contribution in [2.24, 2.45) is 0 Å². The van der Waals surface area contributed by atoms with Crippen molar-refractivity contribution in [2.75, 3.05) is 11.9 Å². The average molecular weight is 302 g/mol. The Hall–Kier alpha value is -1.23. The van der Waals surface area contributed by atoms with Crippen molar-refractivity contribution < 1.29 is 9.90 Å². The Labute approximate surface area is 118 Å². The van der Waals surface area contributed by atoms with Gasteiger partial charge in [0.05, 0.1) is 9.90 Å². The number of carbonyl (C=O) groups excluding carboxylic acids is 1. The second-order valence-electron chi connectivity index (χ2n) is 3.62. The molecular weight excluding hydrogens is 293 g/mol. The molecule has 0 atom stereocenters. The van der Waals surface area contributed by atoms with E-state index < -0.39 is 0 Å². The molecule has 0 saturated carbocycles. The zero-order valence-corrected chi connectivity index (χ0v) is 11.7. The van der Waals surface area contributed by atoms with Crippen molar-refractivity contribution in [2.45, 2.75) is 0 Å². The largest absolute Gasteiger partial charge is 0.508 e. The minimum Gasteiger partial charge on any atom is -0.508 e. The molecule has 0 radical (unpaired) electrons. The first-order valence-electron chi connectivity index (χ1n) is 5.01. The summed E-state index contributed by atoms with van der Waals surface area (Å²) in [5.74, 6) is -0.171. The fraction of sp³-hybridized carbons (Fsp3) is 0.0833. The van der Waals surface area contributed by atoms with Crippen molar-refractivity contribution in [3.63, 3.8) is 0 Å². The molecule has 0 aliphatic rings. The first kappa shape index (κ1) is 13.2. The maximum Gasteiger partial charge on any atom is 0.260 e. The normalized spacial score (nSPS) is 10.4. The summed E-state index contributed by atoms with van der Waals surface area (Å²) < 4.78 is 0.824. The van der Waals surface area contributed by atoms with E-state index in [0.29, 0.717) is 19.9 Å². The molecule has 1 amide bonds. The fourth-order valence-electron chi connectivity index (χ4n) is 1.49. The smallest absolute Gasteiger partial charge is 0.260 e. The van der Waals surface area contributed by atoms with Crippen LogP contribution in [-0.4, -0.2) is 18.1 Å². The van der Waals surface area contributed by atoms with Gasteiger partial charge in [-0.3, -0.25) is 4.79 Å². The Kier molecular flexibility index (Phi) is 3.80. The van der Waals surface area contributed by atoms with E-state index in [0.717, 1.165) is 11.3 Å². The molecule has 2 aromatic rings. The summed E-state index contributed by atoms with van der Waals surface area (Å²) in [5.41, 5.74) is 0.941. The van der Waals surface area contributed by atoms with E-state index in [-0.39, 0.29) is 11.7 Å². The second kappa shape index (κ2) is 5.18. The van der Waals surface area contributed by atoms with Gasteiger partial charge in [0.15, 0.2) is 0 Å². The van der Waals surface area contributed by atoms with E-state index in [9.17, 15) is 9.90 Å². The van der Waals surface area contributed by atoms with E-state index in [2.05, 4.69) is 0 Å². The maximum absolute atomic E-state index is 12.2. The molecule has 1 aromatic carbocycles. The van der Waals surface area contributed by atoms with Crippen LogP contribution in [0.15, 0.2) is 30.3 Å². The van der Waals surface area contributed by atoms with Crippen LogP contribution in [0.1, 0.15) is 10.4 Å². The van der Waals surface area contributed by atoms with Crippen molar-refractivity contribution in [1.82, 2.24) is 0 Å². The highest BCUT2D eigenvalue weighted by atomic mass is 35.5. The number of thiophene rings is 1. The van der Waals surface area contributed by atoms with Crippen LogP contribution < -0.4 is 4.90 Å². The van der Waals surface area contributed by atoms with Crippen molar-refractivity contribution in [3.05, 3.63) is 44.6 Å². The third-order valence-corrected chi connectivity index (χ3v) is 3.90. The third-order valence-electron chi connectivity index (χ3n) is 2.41. The van der Waals surface area contributed by atoms with Crippen LogP contribution in [0.2, 0.25) is 8.67 Å². The number of phenolic OH excluding ortho intramolecular Hbond substituents is 1. The first-order valence-corrected chi connectivity index (χ1v) is 6.58. The second-order valence-corrected chi connectivity index (χ2v) is 5.91. The number of halogens is 2. The van der Waals surface area contributed by atoms with Gasteiger partial charge in [-0.05, 0) is 18.2 Å². The van der Waals surface area contributed by atoms with Gasteiger partial charge in [-0.15, -0.1) is 11.3 Å². The van der Waals surface area contributed by atoms with Gasteiger partial charge in [0.1, 0.15) is 10.1 Å². The molecule has 1 N–H and O–H groups in total. The monoisotopic (exact) mass is 301 g/mol. The average Bonchev–Trinajstić information content (AvgIpc) is 2.66. The molecule has 18 heavy (non-hydrogen) atoms. The molecule has 0 spiro atoms. The highest BCUT2D eigenvalue weighted by molar-refractivity contribution is 7.20. The number of benzene rings is 1. The van der Waals surface area contributed by atoms with Crippen LogP contribution in [0.5, 0.6) is 5.75 Å². The number of nitrogens with zero attached hydrogens (tertiary/aromatic N) is 1. The van der Waals surface area contributed by atoms with E-state index in [1.165, 1.54) is 23.1 Å². The van der Waals surface area contributed by atoms with Crippen LogP contribution in [0, 0.1) is 0 Å². The summed E-state index contributed by atoms with van der Waals surface area (Å²) in [4.78, 5) is 13.6. The molecule has 6 heteroatoms. The van der Waals surface area contributed by atoms with Crippen LogP contribution in [-0.2, 0) is 0 Å². The highest BCUT2D eigenvalue weighted by Crippen LogP contribution is 2.32. The summed E-state index contributed by atoms with van der Waals surface area (Å²) in [6, 6.07) is 7.96. The van der Waals surface area contributed by atoms with Crippen LogP contribution in [0.25, 0.3) is 0 Å². The summed E-state index contributed by atoms with van der Waals surface area (Å²) in [7, 11) is 1.61. The predicted octanol–water partition coefficient (Wildman–Crippen LogP) is 4.04. The molecule has 3 nitrogen and oxygen atoms in total. The lowest BCUT2D eigenvalue weighted by atomic mass is 10.2. The quantitative estimate of drug-likeness (QED) is 0.909. The van der Waals surface area contributed by atoms with Gasteiger partial charge in [-0.25, -0.2) is 0 Å².